The van der Waals surface area contributed by atoms with Gasteiger partial charge in [0.05, 0.1) is 5.75 Å². The minimum absolute atomic E-state index is 0.0126. The van der Waals surface area contributed by atoms with Crippen LogP contribution in [0, 0.1) is 11.3 Å². The van der Waals surface area contributed by atoms with Gasteiger partial charge >= 0.3 is 0 Å². The van der Waals surface area contributed by atoms with Gasteiger partial charge in [0.25, 0.3) is 10.1 Å². The fourth-order valence-electron chi connectivity index (χ4n) is 2.37. The molecule has 4 nitrogen and oxygen atoms in total. The van der Waals surface area contributed by atoms with Crippen LogP contribution in [0.2, 0.25) is 0 Å². The zero-order valence-corrected chi connectivity index (χ0v) is 10.0. The molecule has 1 rings (SSSR count). The summed E-state index contributed by atoms with van der Waals surface area (Å²) < 4.78 is 30.8. The normalized spacial score (nSPS) is 28.4. The average molecular weight is 234 g/mol. The van der Waals surface area contributed by atoms with E-state index in [-0.39, 0.29) is 11.7 Å². The topological polar surface area (TPSA) is 71.4 Å². The summed E-state index contributed by atoms with van der Waals surface area (Å²) in [6.07, 6.45) is 2.70. The van der Waals surface area contributed by atoms with Gasteiger partial charge in [0.1, 0.15) is 5.78 Å². The van der Waals surface area contributed by atoms with Crippen molar-refractivity contribution in [2.24, 2.45) is 11.3 Å². The van der Waals surface area contributed by atoms with Crippen molar-refractivity contribution >= 4 is 15.9 Å². The molecule has 0 aromatic carbocycles. The molecule has 1 N–H and O–H groups in total. The molecule has 0 aromatic heterocycles. The van der Waals surface area contributed by atoms with E-state index in [1.54, 1.807) is 0 Å². The second-order valence-electron chi connectivity index (χ2n) is 4.67. The first-order valence-electron chi connectivity index (χ1n) is 5.26. The molecule has 1 atom stereocenters. The zero-order valence-electron chi connectivity index (χ0n) is 9.19. The van der Waals surface area contributed by atoms with Gasteiger partial charge in [0, 0.05) is 11.8 Å². The number of hydrogen-bond donors (Lipinski definition) is 1. The van der Waals surface area contributed by atoms with Crippen LogP contribution in [-0.4, -0.2) is 24.5 Å². The van der Waals surface area contributed by atoms with E-state index in [2.05, 4.69) is 0 Å². The molecule has 1 fully saturated rings. The van der Waals surface area contributed by atoms with E-state index in [9.17, 15) is 13.2 Å². The molecule has 0 bridgehead atoms. The Labute approximate surface area is 90.8 Å². The van der Waals surface area contributed by atoms with Crippen LogP contribution < -0.4 is 0 Å². The van der Waals surface area contributed by atoms with Gasteiger partial charge in [-0.3, -0.25) is 9.35 Å². The highest BCUT2D eigenvalue weighted by molar-refractivity contribution is 7.85. The summed E-state index contributed by atoms with van der Waals surface area (Å²) in [4.78, 5) is 11.9. The highest BCUT2D eigenvalue weighted by Gasteiger charge is 2.45. The third-order valence-corrected chi connectivity index (χ3v) is 4.26. The molecule has 0 radical (unpaired) electrons. The van der Waals surface area contributed by atoms with Crippen LogP contribution in [0.25, 0.3) is 0 Å². The molecule has 0 amide bonds. The molecule has 0 saturated heterocycles. The minimum atomic E-state index is -4.08. The van der Waals surface area contributed by atoms with E-state index in [4.69, 9.17) is 4.55 Å². The third kappa shape index (κ3) is 2.78. The van der Waals surface area contributed by atoms with Crippen LogP contribution in [0.15, 0.2) is 0 Å². The van der Waals surface area contributed by atoms with Crippen molar-refractivity contribution in [3.63, 3.8) is 0 Å². The molecule has 0 spiro atoms. The number of carbonyl (C=O) groups excluding carboxylic acids is 1. The smallest absolute Gasteiger partial charge is 0.265 e. The van der Waals surface area contributed by atoms with Gasteiger partial charge in [-0.2, -0.15) is 8.42 Å². The van der Waals surface area contributed by atoms with E-state index >= 15 is 0 Å². The lowest BCUT2D eigenvalue weighted by Crippen LogP contribution is -2.44. The average Bonchev–Trinajstić information content (AvgIpc) is 2.06. The summed E-state index contributed by atoms with van der Waals surface area (Å²) in [7, 11) is -4.08. The lowest BCUT2D eigenvalue weighted by Gasteiger charge is -2.38. The van der Waals surface area contributed by atoms with E-state index in [1.807, 2.05) is 13.8 Å². The highest BCUT2D eigenvalue weighted by Crippen LogP contribution is 2.40. The number of Topliss-reactive ketones (excluding diaryl/α,β-unsaturated/α-hetero) is 1. The molecule has 5 heteroatoms. The molecule has 1 saturated carbocycles. The summed E-state index contributed by atoms with van der Waals surface area (Å²) in [5.41, 5.74) is -0.855. The molecule has 1 unspecified atom stereocenters. The Kier molecular flexibility index (Phi) is 3.55. The van der Waals surface area contributed by atoms with E-state index in [0.717, 1.165) is 12.8 Å². The highest BCUT2D eigenvalue weighted by atomic mass is 32.2. The van der Waals surface area contributed by atoms with Crippen LogP contribution in [0.4, 0.5) is 0 Å². The first-order valence-corrected chi connectivity index (χ1v) is 6.87. The van der Waals surface area contributed by atoms with Gasteiger partial charge in [-0.05, 0) is 18.8 Å². The molecular weight excluding hydrogens is 216 g/mol. The summed E-state index contributed by atoms with van der Waals surface area (Å²) in [6.45, 7) is 3.68. The summed E-state index contributed by atoms with van der Waals surface area (Å²) in [5, 5.41) is 0. The van der Waals surface area contributed by atoms with Crippen molar-refractivity contribution in [3.8, 4) is 0 Å². The maximum absolute atomic E-state index is 11.9. The molecule has 15 heavy (non-hydrogen) atoms. The van der Waals surface area contributed by atoms with Crippen molar-refractivity contribution in [1.29, 1.82) is 0 Å². The van der Waals surface area contributed by atoms with Crippen molar-refractivity contribution in [3.05, 3.63) is 0 Å². The first kappa shape index (κ1) is 12.6. The number of rotatable bonds is 3. The predicted molar refractivity (Wildman–Crippen MR) is 57.2 cm³/mol. The van der Waals surface area contributed by atoms with Crippen molar-refractivity contribution in [2.45, 2.75) is 39.5 Å². The number of carbonyl (C=O) groups is 1. The molecule has 0 heterocycles. The summed E-state index contributed by atoms with van der Waals surface area (Å²) >= 11 is 0. The Hall–Kier alpha value is -0.420. The maximum Gasteiger partial charge on any atom is 0.265 e. The monoisotopic (exact) mass is 234 g/mol. The van der Waals surface area contributed by atoms with Crippen molar-refractivity contribution < 1.29 is 17.8 Å². The molecule has 88 valence electrons. The lowest BCUT2D eigenvalue weighted by atomic mass is 9.67. The van der Waals surface area contributed by atoms with Crippen LogP contribution in [0.1, 0.15) is 39.5 Å². The van der Waals surface area contributed by atoms with Gasteiger partial charge < -0.3 is 0 Å². The quantitative estimate of drug-likeness (QED) is 0.754. The minimum Gasteiger partial charge on any atom is -0.299 e. The summed E-state index contributed by atoms with van der Waals surface area (Å²) in [5.74, 6) is -0.482. The zero-order chi connectivity index (χ0) is 11.7. The Bertz CT molecular complexity index is 344. The van der Waals surface area contributed by atoms with E-state index in [0.29, 0.717) is 12.8 Å². The van der Waals surface area contributed by atoms with E-state index < -0.39 is 21.3 Å². The van der Waals surface area contributed by atoms with Gasteiger partial charge in [-0.15, -0.1) is 0 Å². The molecule has 1 aliphatic rings. The molecular formula is C10H18O4S. The Morgan fingerprint density at radius 1 is 1.40 bits per heavy atom. The number of hydrogen-bond acceptors (Lipinski definition) is 3. The Morgan fingerprint density at radius 3 is 2.40 bits per heavy atom. The second kappa shape index (κ2) is 4.22. The van der Waals surface area contributed by atoms with Crippen LogP contribution in [-0.2, 0) is 14.9 Å². The SMILES string of the molecule is CC(C)C1(CS(=O)(=O)O)CCCCC1=O. The number of ketones is 1. The predicted octanol–water partition coefficient (Wildman–Crippen LogP) is 1.66. The standard InChI is InChI=1S/C10H18O4S/c1-8(2)10(7-15(12,13)14)6-4-3-5-9(10)11/h8H,3-7H2,1-2H3,(H,12,13,14). The second-order valence-corrected chi connectivity index (χ2v) is 6.12. The summed E-state index contributed by atoms with van der Waals surface area (Å²) in [6, 6.07) is 0. The van der Waals surface area contributed by atoms with Crippen LogP contribution in [0.5, 0.6) is 0 Å². The van der Waals surface area contributed by atoms with Gasteiger partial charge in [-0.1, -0.05) is 20.3 Å². The molecule has 0 aliphatic heterocycles. The molecule has 0 aromatic rings. The molecule has 1 aliphatic carbocycles. The van der Waals surface area contributed by atoms with E-state index in [1.165, 1.54) is 0 Å². The van der Waals surface area contributed by atoms with Crippen LogP contribution in [0.3, 0.4) is 0 Å². The lowest BCUT2D eigenvalue weighted by molar-refractivity contribution is -0.132. The Morgan fingerprint density at radius 2 is 2.00 bits per heavy atom. The Balaban J connectivity index is 3.02. The largest absolute Gasteiger partial charge is 0.299 e. The fourth-order valence-corrected chi connectivity index (χ4v) is 3.66. The fraction of sp³-hybridized carbons (Fsp3) is 0.900. The van der Waals surface area contributed by atoms with Gasteiger partial charge in [0.15, 0.2) is 0 Å². The van der Waals surface area contributed by atoms with Crippen molar-refractivity contribution in [2.75, 3.05) is 5.75 Å². The van der Waals surface area contributed by atoms with Gasteiger partial charge in [0.2, 0.25) is 0 Å². The van der Waals surface area contributed by atoms with Crippen LogP contribution >= 0.6 is 0 Å². The van der Waals surface area contributed by atoms with Crippen molar-refractivity contribution in [1.82, 2.24) is 0 Å². The maximum atomic E-state index is 11.9. The first-order chi connectivity index (χ1) is 6.78. The third-order valence-electron chi connectivity index (χ3n) is 3.38. The van der Waals surface area contributed by atoms with Gasteiger partial charge in [-0.25, -0.2) is 0 Å².